The summed E-state index contributed by atoms with van der Waals surface area (Å²) >= 11 is 4.86. The Labute approximate surface area is 316 Å². The van der Waals surface area contributed by atoms with Crippen molar-refractivity contribution in [1.82, 2.24) is 30.2 Å². The van der Waals surface area contributed by atoms with E-state index in [9.17, 15) is 57.9 Å². The second-order valence-corrected chi connectivity index (χ2v) is 17.7. The third-order valence-electron chi connectivity index (χ3n) is 7.25. The number of thioether (sulfide) groups is 1. The number of nitrogens with zero attached hydrogens (tertiary/aromatic N) is 4. The first-order chi connectivity index (χ1) is 25.0. The first-order valence-electron chi connectivity index (χ1n) is 15.4. The fourth-order valence-electron chi connectivity index (χ4n) is 4.46. The maximum atomic E-state index is 12.6. The molecule has 8 atom stereocenters. The number of anilines is 1. The molecule has 0 radical (unpaired) electrons. The third kappa shape index (κ3) is 13.5. The van der Waals surface area contributed by atoms with Gasteiger partial charge in [-0.25, -0.2) is 28.6 Å². The van der Waals surface area contributed by atoms with Gasteiger partial charge in [0.2, 0.25) is 16.9 Å². The summed E-state index contributed by atoms with van der Waals surface area (Å²) in [5, 5.41) is 25.9. The van der Waals surface area contributed by atoms with Gasteiger partial charge in [0.05, 0.1) is 25.6 Å². The van der Waals surface area contributed by atoms with Crippen LogP contribution in [0.2, 0.25) is 0 Å². The normalized spacial score (nSPS) is 22.6. The van der Waals surface area contributed by atoms with Crippen molar-refractivity contribution in [2.45, 2.75) is 57.0 Å². The number of amides is 2. The van der Waals surface area contributed by atoms with E-state index < -0.39 is 90.6 Å². The van der Waals surface area contributed by atoms with E-state index in [1.807, 2.05) is 0 Å². The van der Waals surface area contributed by atoms with Gasteiger partial charge in [0, 0.05) is 36.4 Å². The molecular formula is C24H41N8O17P3S2. The molecule has 0 spiro atoms. The molecule has 2 aromatic rings. The third-order valence-corrected chi connectivity index (χ3v) is 11.7. The minimum Gasteiger partial charge on any atom is -0.386 e. The highest BCUT2D eigenvalue weighted by molar-refractivity contribution is 8.13. The van der Waals surface area contributed by atoms with Crippen LogP contribution in [0.1, 0.15) is 26.5 Å². The Morgan fingerprint density at radius 2 is 1.76 bits per heavy atom. The van der Waals surface area contributed by atoms with Crippen LogP contribution in [0, 0.1) is 5.41 Å². The highest BCUT2D eigenvalue weighted by Gasteiger charge is 2.50. The molecule has 0 aromatic carbocycles. The molecule has 12 N–H and O–H groups in total. The molecule has 3 rings (SSSR count). The van der Waals surface area contributed by atoms with Crippen molar-refractivity contribution in [2.24, 2.45) is 11.1 Å². The van der Waals surface area contributed by atoms with Crippen LogP contribution < -0.4 is 22.1 Å². The molecule has 54 heavy (non-hydrogen) atoms. The van der Waals surface area contributed by atoms with Crippen molar-refractivity contribution in [3.63, 3.8) is 0 Å². The predicted molar refractivity (Wildman–Crippen MR) is 189 cm³/mol. The number of imidazole rings is 1. The molecule has 306 valence electrons. The maximum absolute atomic E-state index is 12.6. The van der Waals surface area contributed by atoms with Crippen LogP contribution in [0.15, 0.2) is 12.7 Å². The molecule has 2 aromatic heterocycles. The summed E-state index contributed by atoms with van der Waals surface area (Å²) in [5.41, 5.74) is 9.79. The number of carbonyl (C=O) groups is 3. The van der Waals surface area contributed by atoms with Crippen LogP contribution in [0.3, 0.4) is 0 Å². The standard InChI is InChI=1S/C24H41N8O17P3S2/c1-24(2,18(35)21(36)28-4-3-14(33)27-5-6-54-23(37)12(25)8-53)9-46-52(43,44)49-51(41,42)45-7-13-17(48-50(38,39)40)16(34)22(47-13)32-11-31-15-19(26)29-10-30-20(15)32/h10-13,16-18,22,34-35,53H,3-9,25H2,1-2H3,(H,27,33)(H,28,36)(H,41,42)(H,43,44)(H2,26,29,30)(H2,38,39,40). The number of fused-ring (bicyclic) bond motifs is 1. The molecule has 30 heteroatoms. The molecule has 0 bridgehead atoms. The molecule has 3 heterocycles. The number of nitrogens with two attached hydrogens (primary N) is 2. The van der Waals surface area contributed by atoms with Gasteiger partial charge in [0.1, 0.15) is 36.3 Å². The number of aromatic nitrogens is 4. The molecular weight excluding hydrogens is 829 g/mol. The lowest BCUT2D eigenvalue weighted by Gasteiger charge is -2.30. The van der Waals surface area contributed by atoms with Gasteiger partial charge in [-0.2, -0.15) is 16.9 Å². The number of carbonyl (C=O) groups excluding carboxylic acids is 3. The van der Waals surface area contributed by atoms with Gasteiger partial charge in [0.25, 0.3) is 0 Å². The minimum atomic E-state index is -5.57. The lowest BCUT2D eigenvalue weighted by atomic mass is 9.87. The average Bonchev–Trinajstić information content (AvgIpc) is 3.64. The number of ether oxygens (including phenoxy) is 1. The number of thiol groups is 1. The average molecular weight is 871 g/mol. The Morgan fingerprint density at radius 1 is 1.09 bits per heavy atom. The van der Waals surface area contributed by atoms with Gasteiger partial charge in [-0.15, -0.1) is 0 Å². The van der Waals surface area contributed by atoms with E-state index in [4.69, 9.17) is 25.3 Å². The van der Waals surface area contributed by atoms with E-state index in [1.54, 1.807) is 0 Å². The van der Waals surface area contributed by atoms with Crippen molar-refractivity contribution in [1.29, 1.82) is 0 Å². The number of nitrogens with one attached hydrogen (secondary N) is 2. The maximum Gasteiger partial charge on any atom is 0.481 e. The molecule has 0 saturated carbocycles. The second-order valence-electron chi connectivity index (χ2n) is 12.0. The molecule has 2 amide bonds. The fraction of sp³-hybridized carbons (Fsp3) is 0.667. The summed E-state index contributed by atoms with van der Waals surface area (Å²) in [7, 11) is -16.4. The quantitative estimate of drug-likeness (QED) is 0.0364. The minimum absolute atomic E-state index is 0.0267. The van der Waals surface area contributed by atoms with Gasteiger partial charge in [-0.3, -0.25) is 32.5 Å². The molecule has 0 aliphatic carbocycles. The van der Waals surface area contributed by atoms with Crippen molar-refractivity contribution >= 4 is 81.8 Å². The fourth-order valence-corrected chi connectivity index (χ4v) is 8.28. The van der Waals surface area contributed by atoms with Crippen molar-refractivity contribution in [2.75, 3.05) is 43.5 Å². The van der Waals surface area contributed by atoms with Crippen molar-refractivity contribution < 1.29 is 80.5 Å². The molecule has 1 fully saturated rings. The Morgan fingerprint density at radius 3 is 2.41 bits per heavy atom. The summed E-state index contributed by atoms with van der Waals surface area (Å²) in [5.74, 6) is -1.08. The lowest BCUT2D eigenvalue weighted by Crippen LogP contribution is -2.46. The van der Waals surface area contributed by atoms with Crippen LogP contribution in [-0.2, 0) is 50.7 Å². The van der Waals surface area contributed by atoms with Crippen molar-refractivity contribution in [3.05, 3.63) is 12.7 Å². The Bertz CT molecular complexity index is 1790. The van der Waals surface area contributed by atoms with Gasteiger partial charge < -0.3 is 56.6 Å². The first kappa shape index (κ1) is 46.3. The molecule has 1 aliphatic rings. The van der Waals surface area contributed by atoms with E-state index in [0.717, 1.165) is 29.0 Å². The van der Waals surface area contributed by atoms with Gasteiger partial charge >= 0.3 is 23.5 Å². The molecule has 1 saturated heterocycles. The number of hydrogen-bond acceptors (Lipinski definition) is 20. The summed E-state index contributed by atoms with van der Waals surface area (Å²) < 4.78 is 61.9. The number of phosphoric acid groups is 3. The van der Waals surface area contributed by atoms with Crippen LogP contribution in [0.4, 0.5) is 5.82 Å². The number of phosphoric ester groups is 3. The summed E-state index contributed by atoms with van der Waals surface area (Å²) in [4.78, 5) is 87.0. The zero-order valence-corrected chi connectivity index (χ0v) is 32.8. The predicted octanol–water partition coefficient (Wildman–Crippen LogP) is -2.08. The monoisotopic (exact) mass is 870 g/mol. The highest BCUT2D eigenvalue weighted by Crippen LogP contribution is 2.61. The van der Waals surface area contributed by atoms with Crippen LogP contribution >= 0.6 is 47.9 Å². The van der Waals surface area contributed by atoms with E-state index in [-0.39, 0.29) is 53.1 Å². The number of hydrogen-bond donors (Lipinski definition) is 11. The van der Waals surface area contributed by atoms with Crippen LogP contribution in [0.5, 0.6) is 0 Å². The van der Waals surface area contributed by atoms with E-state index in [0.29, 0.717) is 0 Å². The van der Waals surface area contributed by atoms with E-state index >= 15 is 0 Å². The zero-order valence-electron chi connectivity index (χ0n) is 28.4. The summed E-state index contributed by atoms with van der Waals surface area (Å²) in [6.07, 6.45) is -6.97. The van der Waals surface area contributed by atoms with E-state index in [2.05, 4.69) is 47.0 Å². The molecule has 1 aliphatic heterocycles. The number of rotatable bonds is 21. The SMILES string of the molecule is CC(C)(COP(=O)(O)OP(=O)(O)OCC1OC(n2cnc3c(N)ncnc32)C(O)C1OP(=O)(O)O)C(O)C(=O)NCCC(=O)NCCSC(=O)C(N)CS. The number of aliphatic hydroxyl groups is 2. The molecule has 8 unspecified atom stereocenters. The summed E-state index contributed by atoms with van der Waals surface area (Å²) in [6, 6.07) is -0.731. The van der Waals surface area contributed by atoms with Crippen LogP contribution in [-0.4, -0.2) is 135 Å². The Hall–Kier alpha value is -2.13. The first-order valence-corrected chi connectivity index (χ1v) is 21.5. The highest BCUT2D eigenvalue weighted by atomic mass is 32.2. The van der Waals surface area contributed by atoms with Gasteiger partial charge in [0.15, 0.2) is 17.7 Å². The van der Waals surface area contributed by atoms with Crippen LogP contribution in [0.25, 0.3) is 11.2 Å². The zero-order chi connectivity index (χ0) is 40.6. The number of nitrogen functional groups attached to an aromatic ring is 1. The lowest BCUT2D eigenvalue weighted by molar-refractivity contribution is -0.137. The smallest absolute Gasteiger partial charge is 0.386 e. The topological polar surface area (TPSA) is 390 Å². The number of aliphatic hydroxyl groups excluding tert-OH is 2. The molecule has 25 nitrogen and oxygen atoms in total. The Kier molecular flexibility index (Phi) is 16.6. The van der Waals surface area contributed by atoms with E-state index in [1.165, 1.54) is 13.8 Å². The summed E-state index contributed by atoms with van der Waals surface area (Å²) in [6.45, 7) is 0.371. The van der Waals surface area contributed by atoms with Gasteiger partial charge in [-0.05, 0) is 0 Å². The van der Waals surface area contributed by atoms with Gasteiger partial charge in [-0.1, -0.05) is 25.6 Å². The Balaban J connectivity index is 1.51. The largest absolute Gasteiger partial charge is 0.481 e. The second kappa shape index (κ2) is 19.3. The van der Waals surface area contributed by atoms with Crippen molar-refractivity contribution in [3.8, 4) is 0 Å².